The SMILES string of the molecule is Cc1ncsc1CN(C)C[C@H]1CCN(Cc2cncn2C)C1. The lowest BCUT2D eigenvalue weighted by Gasteiger charge is -2.21. The molecule has 1 atom stereocenters. The molecule has 0 unspecified atom stereocenters. The Morgan fingerprint density at radius 3 is 3.00 bits per heavy atom. The molecule has 1 aliphatic rings. The molecule has 3 heterocycles. The minimum atomic E-state index is 0.770. The van der Waals surface area contributed by atoms with E-state index in [0.717, 1.165) is 19.0 Å². The molecule has 0 bridgehead atoms. The van der Waals surface area contributed by atoms with Crippen LogP contribution in [0.1, 0.15) is 22.7 Å². The van der Waals surface area contributed by atoms with Crippen LogP contribution in [0.2, 0.25) is 0 Å². The van der Waals surface area contributed by atoms with Crippen molar-refractivity contribution >= 4 is 11.3 Å². The summed E-state index contributed by atoms with van der Waals surface area (Å²) in [5.74, 6) is 0.770. The molecule has 120 valence electrons. The topological polar surface area (TPSA) is 37.2 Å². The first-order valence-electron chi connectivity index (χ1n) is 7.87. The van der Waals surface area contributed by atoms with Crippen molar-refractivity contribution < 1.29 is 0 Å². The molecule has 0 amide bonds. The summed E-state index contributed by atoms with van der Waals surface area (Å²) in [4.78, 5) is 14.9. The first-order chi connectivity index (χ1) is 10.6. The largest absolute Gasteiger partial charge is 0.337 e. The standard InChI is InChI=1S/C16H25N5S/c1-13-16(22-12-18-13)10-19(2)7-14-4-5-21(8-14)9-15-6-17-11-20(15)3/h6,11-12,14H,4-5,7-10H2,1-3H3/t14-/m1/s1. The maximum absolute atomic E-state index is 4.34. The van der Waals surface area contributed by atoms with E-state index in [-0.39, 0.29) is 0 Å². The third-order valence-corrected chi connectivity index (χ3v) is 5.42. The Morgan fingerprint density at radius 2 is 2.32 bits per heavy atom. The van der Waals surface area contributed by atoms with E-state index in [1.54, 1.807) is 11.3 Å². The second-order valence-corrected chi connectivity index (χ2v) is 7.38. The lowest BCUT2D eigenvalue weighted by Crippen LogP contribution is -2.28. The maximum atomic E-state index is 4.34. The molecule has 0 aliphatic carbocycles. The molecule has 22 heavy (non-hydrogen) atoms. The molecule has 3 rings (SSSR count). The minimum absolute atomic E-state index is 0.770. The molecule has 0 saturated carbocycles. The molecule has 0 radical (unpaired) electrons. The summed E-state index contributed by atoms with van der Waals surface area (Å²) >= 11 is 1.77. The number of thiazole rings is 1. The van der Waals surface area contributed by atoms with Gasteiger partial charge in [-0.25, -0.2) is 9.97 Å². The van der Waals surface area contributed by atoms with Gasteiger partial charge in [0.1, 0.15) is 0 Å². The zero-order valence-corrected chi connectivity index (χ0v) is 14.5. The first kappa shape index (κ1) is 15.6. The van der Waals surface area contributed by atoms with Crippen LogP contribution in [0.25, 0.3) is 0 Å². The second kappa shape index (κ2) is 6.89. The third kappa shape index (κ3) is 3.74. The Morgan fingerprint density at radius 1 is 1.45 bits per heavy atom. The number of aromatic nitrogens is 3. The van der Waals surface area contributed by atoms with Crippen molar-refractivity contribution in [1.29, 1.82) is 0 Å². The molecular weight excluding hydrogens is 294 g/mol. The fraction of sp³-hybridized carbons (Fsp3) is 0.625. The Balaban J connectivity index is 1.46. The van der Waals surface area contributed by atoms with Gasteiger partial charge in [-0.15, -0.1) is 11.3 Å². The Hall–Kier alpha value is -1.24. The second-order valence-electron chi connectivity index (χ2n) is 6.44. The fourth-order valence-corrected chi connectivity index (χ4v) is 4.06. The van der Waals surface area contributed by atoms with Gasteiger partial charge in [-0.1, -0.05) is 0 Å². The van der Waals surface area contributed by atoms with E-state index in [1.807, 2.05) is 18.0 Å². The van der Waals surface area contributed by atoms with E-state index in [4.69, 9.17) is 0 Å². The van der Waals surface area contributed by atoms with Gasteiger partial charge in [0.2, 0.25) is 0 Å². The van der Waals surface area contributed by atoms with Gasteiger partial charge in [0.15, 0.2) is 0 Å². The summed E-state index contributed by atoms with van der Waals surface area (Å²) in [5, 5.41) is 0. The van der Waals surface area contributed by atoms with E-state index in [1.165, 1.54) is 42.3 Å². The number of hydrogen-bond donors (Lipinski definition) is 0. The van der Waals surface area contributed by atoms with Gasteiger partial charge in [0.25, 0.3) is 0 Å². The van der Waals surface area contributed by atoms with Crippen molar-refractivity contribution in [2.24, 2.45) is 13.0 Å². The van der Waals surface area contributed by atoms with Crippen LogP contribution >= 0.6 is 11.3 Å². The number of likely N-dealkylation sites (tertiary alicyclic amines) is 1. The molecule has 0 spiro atoms. The average Bonchev–Trinajstić information content (AvgIpc) is 3.17. The van der Waals surface area contributed by atoms with Crippen LogP contribution in [0.15, 0.2) is 18.0 Å². The highest BCUT2D eigenvalue weighted by molar-refractivity contribution is 7.09. The number of nitrogens with zero attached hydrogens (tertiary/aromatic N) is 5. The van der Waals surface area contributed by atoms with Crippen LogP contribution < -0.4 is 0 Å². The average molecular weight is 319 g/mol. The number of hydrogen-bond acceptors (Lipinski definition) is 5. The van der Waals surface area contributed by atoms with E-state index >= 15 is 0 Å². The summed E-state index contributed by atoms with van der Waals surface area (Å²) in [6.45, 7) is 7.70. The first-order valence-corrected chi connectivity index (χ1v) is 8.75. The summed E-state index contributed by atoms with van der Waals surface area (Å²) in [6.07, 6.45) is 5.16. The van der Waals surface area contributed by atoms with Crippen LogP contribution in [0.5, 0.6) is 0 Å². The summed E-state index contributed by atoms with van der Waals surface area (Å²) < 4.78 is 2.12. The van der Waals surface area contributed by atoms with Crippen LogP contribution in [-0.4, -0.2) is 51.0 Å². The Bertz CT molecular complexity index is 605. The Labute approximate surface area is 136 Å². The minimum Gasteiger partial charge on any atom is -0.337 e. The molecule has 5 nitrogen and oxygen atoms in total. The van der Waals surface area contributed by atoms with Crippen molar-refractivity contribution in [2.75, 3.05) is 26.7 Å². The van der Waals surface area contributed by atoms with E-state index < -0.39 is 0 Å². The number of rotatable bonds is 6. The lowest BCUT2D eigenvalue weighted by atomic mass is 10.1. The monoisotopic (exact) mass is 319 g/mol. The van der Waals surface area contributed by atoms with E-state index in [9.17, 15) is 0 Å². The van der Waals surface area contributed by atoms with Crippen molar-refractivity contribution in [1.82, 2.24) is 24.3 Å². The third-order valence-electron chi connectivity index (χ3n) is 4.50. The van der Waals surface area contributed by atoms with Gasteiger partial charge in [0.05, 0.1) is 23.2 Å². The predicted octanol–water partition coefficient (Wildman–Crippen LogP) is 2.14. The molecule has 0 N–H and O–H groups in total. The highest BCUT2D eigenvalue weighted by atomic mass is 32.1. The smallest absolute Gasteiger partial charge is 0.0945 e. The van der Waals surface area contributed by atoms with Crippen molar-refractivity contribution in [3.8, 4) is 0 Å². The molecule has 1 saturated heterocycles. The Kier molecular flexibility index (Phi) is 4.90. The molecular formula is C16H25N5S. The quantitative estimate of drug-likeness (QED) is 0.817. The van der Waals surface area contributed by atoms with Crippen LogP contribution in [0, 0.1) is 12.8 Å². The summed E-state index contributed by atoms with van der Waals surface area (Å²) in [5.41, 5.74) is 4.43. The van der Waals surface area contributed by atoms with Crippen molar-refractivity contribution in [2.45, 2.75) is 26.4 Å². The number of aryl methyl sites for hydroxylation is 2. The predicted molar refractivity (Wildman–Crippen MR) is 89.8 cm³/mol. The van der Waals surface area contributed by atoms with Crippen molar-refractivity contribution in [3.63, 3.8) is 0 Å². The van der Waals surface area contributed by atoms with Gasteiger partial charge in [-0.05, 0) is 32.9 Å². The molecule has 1 aliphatic heterocycles. The normalized spacial score (nSPS) is 19.4. The van der Waals surface area contributed by atoms with Gasteiger partial charge in [0, 0.05) is 44.3 Å². The number of imidazole rings is 1. The van der Waals surface area contributed by atoms with Gasteiger partial charge in [-0.3, -0.25) is 4.90 Å². The molecule has 2 aromatic heterocycles. The molecule has 1 fully saturated rings. The zero-order chi connectivity index (χ0) is 15.5. The molecule has 6 heteroatoms. The van der Waals surface area contributed by atoms with Crippen LogP contribution in [0.4, 0.5) is 0 Å². The highest BCUT2D eigenvalue weighted by Crippen LogP contribution is 2.21. The van der Waals surface area contributed by atoms with Crippen molar-refractivity contribution in [3.05, 3.63) is 34.3 Å². The van der Waals surface area contributed by atoms with E-state index in [2.05, 4.69) is 45.4 Å². The maximum Gasteiger partial charge on any atom is 0.0945 e. The lowest BCUT2D eigenvalue weighted by molar-refractivity contribution is 0.254. The summed E-state index contributed by atoms with van der Waals surface area (Å²) in [6, 6.07) is 0. The van der Waals surface area contributed by atoms with Gasteiger partial charge in [-0.2, -0.15) is 0 Å². The van der Waals surface area contributed by atoms with Gasteiger partial charge < -0.3 is 9.47 Å². The molecule has 2 aromatic rings. The summed E-state index contributed by atoms with van der Waals surface area (Å²) in [7, 11) is 4.30. The fourth-order valence-electron chi connectivity index (χ4n) is 3.20. The van der Waals surface area contributed by atoms with Gasteiger partial charge >= 0.3 is 0 Å². The zero-order valence-electron chi connectivity index (χ0n) is 13.7. The molecule has 0 aromatic carbocycles. The van der Waals surface area contributed by atoms with Crippen LogP contribution in [0.3, 0.4) is 0 Å². The van der Waals surface area contributed by atoms with Crippen LogP contribution in [-0.2, 0) is 20.1 Å². The van der Waals surface area contributed by atoms with E-state index in [0.29, 0.717) is 0 Å². The highest BCUT2D eigenvalue weighted by Gasteiger charge is 2.24.